The van der Waals surface area contributed by atoms with Gasteiger partial charge in [-0.05, 0) is 49.1 Å². The first kappa shape index (κ1) is 34.8. The molecule has 254 valence electrons. The Morgan fingerprint density at radius 3 is 2.56 bits per heavy atom. The van der Waals surface area contributed by atoms with Gasteiger partial charge in [-0.3, -0.25) is 14.5 Å². The third-order valence-electron chi connectivity index (χ3n) is 7.71. The quantitative estimate of drug-likeness (QED) is 0.0845. The molecule has 3 heterocycles. The number of anilines is 2. The highest BCUT2D eigenvalue weighted by atomic mass is 32.1. The van der Waals surface area contributed by atoms with Gasteiger partial charge < -0.3 is 30.0 Å². The van der Waals surface area contributed by atoms with Crippen LogP contribution in [-0.2, 0) is 38.3 Å². The van der Waals surface area contributed by atoms with E-state index in [4.69, 9.17) is 14.2 Å². The maximum absolute atomic E-state index is 12.9. The van der Waals surface area contributed by atoms with Crippen molar-refractivity contribution in [1.82, 2.24) is 25.3 Å². The number of aliphatic hydroxyl groups is 1. The van der Waals surface area contributed by atoms with Gasteiger partial charge in [0.15, 0.2) is 18.1 Å². The zero-order chi connectivity index (χ0) is 33.6. The Hall–Kier alpha value is -4.50. The number of aromatic nitrogens is 4. The topological polar surface area (TPSA) is 161 Å². The van der Waals surface area contributed by atoms with E-state index in [1.165, 1.54) is 11.3 Å². The number of carbonyl (C=O) groups excluding carboxylic acids is 2. The van der Waals surface area contributed by atoms with Crippen molar-refractivity contribution in [3.63, 3.8) is 0 Å². The van der Waals surface area contributed by atoms with Crippen molar-refractivity contribution in [3.05, 3.63) is 88.6 Å². The predicted octanol–water partition coefficient (Wildman–Crippen LogP) is 3.82. The van der Waals surface area contributed by atoms with Crippen LogP contribution in [0.15, 0.2) is 66.7 Å². The standard InChI is InChI=1S/C34H41N7O6S/c1-45-27-12-7-10-25(23-27)32(47-31(43)16-17-41-18-20-46-21-19-41)33(44)36-34-40-39-30(48-34)13-6-5-11-26-14-15-28(38-37-26)35-29(42)22-24-8-3-2-4-9-24/h2-4,7-10,12,14-15,23,32-33,44H,5-6,11,13,16-22H2,1H3,(H,36,40)(H,35,38,42). The van der Waals surface area contributed by atoms with Gasteiger partial charge in [0.1, 0.15) is 10.8 Å². The van der Waals surface area contributed by atoms with E-state index < -0.39 is 18.3 Å². The smallest absolute Gasteiger partial charge is 0.307 e. The average Bonchev–Trinajstić information content (AvgIpc) is 3.56. The van der Waals surface area contributed by atoms with E-state index in [9.17, 15) is 14.7 Å². The average molecular weight is 676 g/mol. The van der Waals surface area contributed by atoms with Gasteiger partial charge in [0.05, 0.1) is 38.9 Å². The number of ether oxygens (including phenoxy) is 3. The molecule has 14 heteroatoms. The van der Waals surface area contributed by atoms with Crippen molar-refractivity contribution >= 4 is 34.2 Å². The molecule has 2 atom stereocenters. The minimum Gasteiger partial charge on any atom is -0.497 e. The molecule has 5 rings (SSSR count). The molecule has 0 radical (unpaired) electrons. The molecule has 2 aromatic carbocycles. The van der Waals surface area contributed by atoms with Gasteiger partial charge in [0.2, 0.25) is 11.0 Å². The SMILES string of the molecule is COc1cccc(C(OC(=O)CCN2CCOCC2)C(O)Nc2nnc(CCCCc3ccc(NC(=O)Cc4ccccc4)nn3)s2)c1. The third-order valence-corrected chi connectivity index (χ3v) is 8.62. The minimum atomic E-state index is -1.27. The maximum atomic E-state index is 12.9. The summed E-state index contributed by atoms with van der Waals surface area (Å²) < 4.78 is 16.5. The monoisotopic (exact) mass is 675 g/mol. The van der Waals surface area contributed by atoms with E-state index in [0.29, 0.717) is 48.4 Å². The normalized spacial score (nSPS) is 14.5. The van der Waals surface area contributed by atoms with Crippen LogP contribution in [0.2, 0.25) is 0 Å². The van der Waals surface area contributed by atoms with Crippen LogP contribution in [0.3, 0.4) is 0 Å². The molecular formula is C34H41N7O6S. The highest BCUT2D eigenvalue weighted by molar-refractivity contribution is 7.15. The molecule has 0 bridgehead atoms. The highest BCUT2D eigenvalue weighted by Gasteiger charge is 2.27. The number of hydrogen-bond acceptors (Lipinski definition) is 13. The fourth-order valence-corrected chi connectivity index (χ4v) is 5.95. The van der Waals surface area contributed by atoms with Crippen molar-refractivity contribution in [1.29, 1.82) is 0 Å². The molecule has 48 heavy (non-hydrogen) atoms. The highest BCUT2D eigenvalue weighted by Crippen LogP contribution is 2.28. The maximum Gasteiger partial charge on any atom is 0.307 e. The van der Waals surface area contributed by atoms with Gasteiger partial charge in [0.25, 0.3) is 0 Å². The third kappa shape index (κ3) is 11.0. The van der Waals surface area contributed by atoms with E-state index in [2.05, 4.69) is 35.9 Å². The van der Waals surface area contributed by atoms with Crippen LogP contribution < -0.4 is 15.4 Å². The number of aliphatic hydroxyl groups excluding tert-OH is 1. The van der Waals surface area contributed by atoms with Gasteiger partial charge >= 0.3 is 5.97 Å². The summed E-state index contributed by atoms with van der Waals surface area (Å²) >= 11 is 1.34. The Balaban J connectivity index is 1.07. The van der Waals surface area contributed by atoms with Crippen LogP contribution in [0, 0.1) is 0 Å². The summed E-state index contributed by atoms with van der Waals surface area (Å²) in [5, 5.41) is 35.0. The summed E-state index contributed by atoms with van der Waals surface area (Å²) in [4.78, 5) is 27.3. The van der Waals surface area contributed by atoms with Gasteiger partial charge in [-0.25, -0.2) is 0 Å². The van der Waals surface area contributed by atoms with Gasteiger partial charge in [0, 0.05) is 31.6 Å². The number of esters is 1. The first-order valence-corrected chi connectivity index (χ1v) is 16.8. The Morgan fingerprint density at radius 1 is 0.979 bits per heavy atom. The Morgan fingerprint density at radius 2 is 1.79 bits per heavy atom. The number of hydrogen-bond donors (Lipinski definition) is 3. The zero-order valence-electron chi connectivity index (χ0n) is 26.9. The lowest BCUT2D eigenvalue weighted by molar-refractivity contribution is -0.155. The summed E-state index contributed by atoms with van der Waals surface area (Å²) in [6, 6.07) is 20.2. The summed E-state index contributed by atoms with van der Waals surface area (Å²) in [5.74, 6) is 0.449. The lowest BCUT2D eigenvalue weighted by atomic mass is 10.1. The van der Waals surface area contributed by atoms with Crippen LogP contribution >= 0.6 is 11.3 Å². The van der Waals surface area contributed by atoms with Crippen LogP contribution in [0.1, 0.15) is 47.2 Å². The zero-order valence-corrected chi connectivity index (χ0v) is 27.7. The molecule has 1 aliphatic heterocycles. The molecule has 13 nitrogen and oxygen atoms in total. The molecule has 0 spiro atoms. The number of unbranched alkanes of at least 4 members (excludes halogenated alkanes) is 1. The van der Waals surface area contributed by atoms with Gasteiger partial charge in [-0.15, -0.1) is 15.3 Å². The molecule has 1 saturated heterocycles. The van der Waals surface area contributed by atoms with E-state index in [1.807, 2.05) is 36.4 Å². The number of nitrogens with zero attached hydrogens (tertiary/aromatic N) is 5. The number of benzene rings is 2. The van der Waals surface area contributed by atoms with Crippen molar-refractivity contribution in [3.8, 4) is 5.75 Å². The Kier molecular flexibility index (Phi) is 13.2. The Labute approximate surface area is 283 Å². The first-order chi connectivity index (χ1) is 23.4. The molecular weight excluding hydrogens is 634 g/mol. The molecule has 2 unspecified atom stereocenters. The van der Waals surface area contributed by atoms with Crippen molar-refractivity contribution in [2.75, 3.05) is 50.6 Å². The number of nitrogens with one attached hydrogen (secondary N) is 2. The second-order valence-corrected chi connectivity index (χ2v) is 12.4. The van der Waals surface area contributed by atoms with E-state index in [-0.39, 0.29) is 18.7 Å². The lowest BCUT2D eigenvalue weighted by Gasteiger charge is -2.27. The molecule has 1 amide bonds. The van der Waals surface area contributed by atoms with E-state index in [1.54, 1.807) is 37.4 Å². The number of methoxy groups -OCH3 is 1. The van der Waals surface area contributed by atoms with Crippen molar-refractivity contribution in [2.45, 2.75) is 50.9 Å². The second-order valence-electron chi connectivity index (χ2n) is 11.3. The number of morpholine rings is 1. The van der Waals surface area contributed by atoms with Crippen LogP contribution in [0.5, 0.6) is 5.75 Å². The van der Waals surface area contributed by atoms with Crippen molar-refractivity contribution in [2.24, 2.45) is 0 Å². The predicted molar refractivity (Wildman–Crippen MR) is 181 cm³/mol. The fraction of sp³-hybridized carbons (Fsp3) is 0.412. The minimum absolute atomic E-state index is 0.141. The number of carbonyl (C=O) groups is 2. The molecule has 1 aliphatic rings. The van der Waals surface area contributed by atoms with E-state index >= 15 is 0 Å². The fourth-order valence-electron chi connectivity index (χ4n) is 5.13. The second kappa shape index (κ2) is 18.2. The molecule has 1 fully saturated rings. The van der Waals surface area contributed by atoms with E-state index in [0.717, 1.165) is 48.6 Å². The van der Waals surface area contributed by atoms with Crippen LogP contribution in [-0.4, -0.2) is 88.5 Å². The van der Waals surface area contributed by atoms with Crippen molar-refractivity contribution < 1.29 is 28.9 Å². The molecule has 3 N–H and O–H groups in total. The van der Waals surface area contributed by atoms with Gasteiger partial charge in [-0.1, -0.05) is 53.8 Å². The number of rotatable bonds is 17. The summed E-state index contributed by atoms with van der Waals surface area (Å²) in [6.45, 7) is 3.40. The molecule has 4 aromatic rings. The molecule has 0 saturated carbocycles. The van der Waals surface area contributed by atoms with Crippen LogP contribution in [0.25, 0.3) is 0 Å². The Bertz CT molecular complexity index is 1580. The largest absolute Gasteiger partial charge is 0.497 e. The molecule has 0 aliphatic carbocycles. The summed E-state index contributed by atoms with van der Waals surface area (Å²) in [5.41, 5.74) is 2.36. The first-order valence-electron chi connectivity index (χ1n) is 16.0. The van der Waals surface area contributed by atoms with Gasteiger partial charge in [-0.2, -0.15) is 5.10 Å². The number of amides is 1. The summed E-state index contributed by atoms with van der Waals surface area (Å²) in [7, 11) is 1.55. The number of aryl methyl sites for hydroxylation is 2. The molecule has 2 aromatic heterocycles. The van der Waals surface area contributed by atoms with Crippen LogP contribution in [0.4, 0.5) is 10.9 Å². The lowest BCUT2D eigenvalue weighted by Crippen LogP contribution is -2.38. The summed E-state index contributed by atoms with van der Waals surface area (Å²) in [6.07, 6.45) is 1.35.